The summed E-state index contributed by atoms with van der Waals surface area (Å²) in [4.78, 5) is 13.3. The zero-order valence-electron chi connectivity index (χ0n) is 10.0. The third-order valence-corrected chi connectivity index (χ3v) is 3.50. The van der Waals surface area contributed by atoms with Crippen molar-refractivity contribution in [2.24, 2.45) is 0 Å². The van der Waals surface area contributed by atoms with Crippen LogP contribution in [0.2, 0.25) is 0 Å². The van der Waals surface area contributed by atoms with E-state index in [1.54, 1.807) is 12.1 Å². The summed E-state index contributed by atoms with van der Waals surface area (Å²) in [6.07, 6.45) is 4.73. The maximum atomic E-state index is 11.2. The fourth-order valence-corrected chi connectivity index (χ4v) is 2.52. The SMILES string of the molecule is CN(c1ccc(N)cc1C(=O)O)C1CCCC1. The van der Waals surface area contributed by atoms with Crippen molar-refractivity contribution in [3.05, 3.63) is 23.8 Å². The van der Waals surface area contributed by atoms with Gasteiger partial charge in [0.15, 0.2) is 0 Å². The Morgan fingerprint density at radius 3 is 2.65 bits per heavy atom. The molecule has 0 heterocycles. The Bertz CT molecular complexity index is 425. The number of carboxylic acids is 1. The smallest absolute Gasteiger partial charge is 0.337 e. The number of hydrogen-bond acceptors (Lipinski definition) is 3. The number of nitrogens with two attached hydrogens (primary N) is 1. The standard InChI is InChI=1S/C13H18N2O2/c1-15(10-4-2-3-5-10)12-7-6-9(14)8-11(12)13(16)17/h6-8,10H,2-5,14H2,1H3,(H,16,17). The van der Waals surface area contributed by atoms with Crippen LogP contribution in [0.3, 0.4) is 0 Å². The van der Waals surface area contributed by atoms with Crippen LogP contribution < -0.4 is 10.6 Å². The minimum atomic E-state index is -0.919. The van der Waals surface area contributed by atoms with Gasteiger partial charge in [-0.2, -0.15) is 0 Å². The van der Waals surface area contributed by atoms with Gasteiger partial charge >= 0.3 is 5.97 Å². The molecule has 0 atom stereocenters. The van der Waals surface area contributed by atoms with Gasteiger partial charge in [-0.3, -0.25) is 0 Å². The van der Waals surface area contributed by atoms with Crippen LogP contribution in [0, 0.1) is 0 Å². The third-order valence-electron chi connectivity index (χ3n) is 3.50. The fourth-order valence-electron chi connectivity index (χ4n) is 2.52. The van der Waals surface area contributed by atoms with E-state index >= 15 is 0 Å². The van der Waals surface area contributed by atoms with Gasteiger partial charge < -0.3 is 15.7 Å². The molecule has 1 aromatic carbocycles. The molecule has 0 aromatic heterocycles. The Hall–Kier alpha value is -1.71. The third kappa shape index (κ3) is 2.35. The van der Waals surface area contributed by atoms with Crippen LogP contribution in [0.1, 0.15) is 36.0 Å². The highest BCUT2D eigenvalue weighted by molar-refractivity contribution is 5.95. The molecule has 0 saturated heterocycles. The number of nitrogen functional groups attached to an aromatic ring is 1. The quantitative estimate of drug-likeness (QED) is 0.788. The van der Waals surface area contributed by atoms with E-state index in [1.165, 1.54) is 18.9 Å². The first-order valence-corrected chi connectivity index (χ1v) is 5.95. The van der Waals surface area contributed by atoms with E-state index < -0.39 is 5.97 Å². The lowest BCUT2D eigenvalue weighted by Crippen LogP contribution is -2.30. The van der Waals surface area contributed by atoms with Crippen molar-refractivity contribution in [1.82, 2.24) is 0 Å². The van der Waals surface area contributed by atoms with Crippen LogP contribution in [-0.4, -0.2) is 24.2 Å². The summed E-state index contributed by atoms with van der Waals surface area (Å²) >= 11 is 0. The molecule has 1 fully saturated rings. The number of benzene rings is 1. The van der Waals surface area contributed by atoms with Crippen molar-refractivity contribution in [3.8, 4) is 0 Å². The molecule has 17 heavy (non-hydrogen) atoms. The number of rotatable bonds is 3. The predicted octanol–water partition coefficient (Wildman–Crippen LogP) is 2.35. The molecule has 0 bridgehead atoms. The zero-order valence-corrected chi connectivity index (χ0v) is 10.0. The predicted molar refractivity (Wildman–Crippen MR) is 68.5 cm³/mol. The van der Waals surface area contributed by atoms with Crippen LogP contribution in [-0.2, 0) is 0 Å². The Morgan fingerprint density at radius 1 is 1.41 bits per heavy atom. The van der Waals surface area contributed by atoms with E-state index in [4.69, 9.17) is 5.73 Å². The number of nitrogens with zero attached hydrogens (tertiary/aromatic N) is 1. The van der Waals surface area contributed by atoms with Gasteiger partial charge in [-0.1, -0.05) is 12.8 Å². The van der Waals surface area contributed by atoms with Gasteiger partial charge in [0.25, 0.3) is 0 Å². The van der Waals surface area contributed by atoms with Crippen LogP contribution >= 0.6 is 0 Å². The second-order valence-corrected chi connectivity index (χ2v) is 4.63. The molecule has 1 saturated carbocycles. The van der Waals surface area contributed by atoms with Crippen molar-refractivity contribution < 1.29 is 9.90 Å². The van der Waals surface area contributed by atoms with Gasteiger partial charge in [0, 0.05) is 18.8 Å². The molecule has 92 valence electrons. The first-order valence-electron chi connectivity index (χ1n) is 5.95. The molecule has 3 N–H and O–H groups in total. The summed E-state index contributed by atoms with van der Waals surface area (Å²) in [6.45, 7) is 0. The number of aromatic carboxylic acids is 1. The van der Waals surface area contributed by atoms with Crippen molar-refractivity contribution in [1.29, 1.82) is 0 Å². The van der Waals surface area contributed by atoms with Crippen LogP contribution in [0.25, 0.3) is 0 Å². The molecule has 0 unspecified atom stereocenters. The molecular formula is C13H18N2O2. The Labute approximate surface area is 101 Å². The average molecular weight is 234 g/mol. The highest BCUT2D eigenvalue weighted by Gasteiger charge is 2.23. The van der Waals surface area contributed by atoms with Gasteiger partial charge in [0.1, 0.15) is 0 Å². The second-order valence-electron chi connectivity index (χ2n) is 4.63. The monoisotopic (exact) mass is 234 g/mol. The maximum absolute atomic E-state index is 11.2. The maximum Gasteiger partial charge on any atom is 0.337 e. The van der Waals surface area contributed by atoms with E-state index in [0.717, 1.165) is 18.5 Å². The second kappa shape index (κ2) is 4.65. The van der Waals surface area contributed by atoms with Crippen molar-refractivity contribution in [2.75, 3.05) is 17.7 Å². The molecule has 0 aliphatic heterocycles. The molecule has 0 spiro atoms. The molecule has 4 heteroatoms. The molecule has 0 amide bonds. The minimum absolute atomic E-state index is 0.291. The van der Waals surface area contributed by atoms with Gasteiger partial charge in [-0.15, -0.1) is 0 Å². The topological polar surface area (TPSA) is 66.6 Å². The van der Waals surface area contributed by atoms with Gasteiger partial charge in [0.05, 0.1) is 11.3 Å². The first-order chi connectivity index (χ1) is 8.09. The molecule has 4 nitrogen and oxygen atoms in total. The summed E-state index contributed by atoms with van der Waals surface area (Å²) in [6, 6.07) is 5.55. The largest absolute Gasteiger partial charge is 0.478 e. The molecule has 0 radical (unpaired) electrons. The highest BCUT2D eigenvalue weighted by atomic mass is 16.4. The van der Waals surface area contributed by atoms with Gasteiger partial charge in [0.2, 0.25) is 0 Å². The summed E-state index contributed by atoms with van der Waals surface area (Å²) in [5.41, 5.74) is 7.18. The number of hydrogen-bond donors (Lipinski definition) is 2. The van der Waals surface area contributed by atoms with Gasteiger partial charge in [-0.05, 0) is 31.0 Å². The van der Waals surface area contributed by atoms with Crippen LogP contribution in [0.5, 0.6) is 0 Å². The summed E-state index contributed by atoms with van der Waals surface area (Å²) in [5.74, 6) is -0.919. The Morgan fingerprint density at radius 2 is 2.06 bits per heavy atom. The number of carbonyl (C=O) groups is 1. The minimum Gasteiger partial charge on any atom is -0.478 e. The van der Waals surface area contributed by atoms with E-state index in [9.17, 15) is 9.90 Å². The summed E-state index contributed by atoms with van der Waals surface area (Å²) in [7, 11) is 1.97. The van der Waals surface area contributed by atoms with Gasteiger partial charge in [-0.25, -0.2) is 4.79 Å². The highest BCUT2D eigenvalue weighted by Crippen LogP contribution is 2.30. The molecule has 1 aromatic rings. The normalized spacial score (nSPS) is 16.1. The molecular weight excluding hydrogens is 216 g/mol. The van der Waals surface area contributed by atoms with E-state index in [0.29, 0.717) is 17.3 Å². The summed E-state index contributed by atoms with van der Waals surface area (Å²) < 4.78 is 0. The molecule has 1 aliphatic rings. The Balaban J connectivity index is 2.33. The van der Waals surface area contributed by atoms with E-state index in [-0.39, 0.29) is 0 Å². The Kier molecular flexibility index (Phi) is 3.22. The van der Waals surface area contributed by atoms with Crippen molar-refractivity contribution >= 4 is 17.3 Å². The first kappa shape index (κ1) is 11.8. The lowest BCUT2D eigenvalue weighted by Gasteiger charge is -2.28. The lowest BCUT2D eigenvalue weighted by atomic mass is 10.1. The summed E-state index contributed by atoms with van der Waals surface area (Å²) in [5, 5.41) is 9.20. The van der Waals surface area contributed by atoms with Crippen molar-refractivity contribution in [2.45, 2.75) is 31.7 Å². The van der Waals surface area contributed by atoms with Crippen molar-refractivity contribution in [3.63, 3.8) is 0 Å². The fraction of sp³-hybridized carbons (Fsp3) is 0.462. The average Bonchev–Trinajstić information content (AvgIpc) is 2.81. The van der Waals surface area contributed by atoms with E-state index in [1.807, 2.05) is 7.05 Å². The number of anilines is 2. The van der Waals surface area contributed by atoms with E-state index in [2.05, 4.69) is 4.90 Å². The molecule has 1 aliphatic carbocycles. The molecule has 2 rings (SSSR count). The lowest BCUT2D eigenvalue weighted by molar-refractivity contribution is 0.0697. The zero-order chi connectivity index (χ0) is 12.4. The van der Waals surface area contributed by atoms with Crippen LogP contribution in [0.15, 0.2) is 18.2 Å². The number of carboxylic acid groups (broad SMARTS) is 1. The van der Waals surface area contributed by atoms with Crippen LogP contribution in [0.4, 0.5) is 11.4 Å².